The van der Waals surface area contributed by atoms with Crippen molar-refractivity contribution < 1.29 is 9.59 Å². The van der Waals surface area contributed by atoms with Gasteiger partial charge in [-0.3, -0.25) is 4.79 Å². The zero-order valence-corrected chi connectivity index (χ0v) is 13.4. The minimum absolute atomic E-state index is 0.112. The molecule has 7 heteroatoms. The van der Waals surface area contributed by atoms with E-state index in [0.717, 1.165) is 24.1 Å². The Bertz CT molecular complexity index is 698. The van der Waals surface area contributed by atoms with Crippen LogP contribution in [0.5, 0.6) is 0 Å². The number of rotatable bonds is 4. The molecule has 7 nitrogen and oxygen atoms in total. The Hall–Kier alpha value is -2.83. The summed E-state index contributed by atoms with van der Waals surface area (Å²) < 4.78 is 1.76. The first-order chi connectivity index (χ1) is 11.7. The summed E-state index contributed by atoms with van der Waals surface area (Å²) >= 11 is 0. The van der Waals surface area contributed by atoms with Gasteiger partial charge in [-0.05, 0) is 31.4 Å². The molecule has 2 aromatic rings. The van der Waals surface area contributed by atoms with Crippen molar-refractivity contribution >= 4 is 11.9 Å². The summed E-state index contributed by atoms with van der Waals surface area (Å²) in [5.41, 5.74) is 1.85. The second kappa shape index (κ2) is 7.63. The van der Waals surface area contributed by atoms with Gasteiger partial charge >= 0.3 is 6.03 Å². The van der Waals surface area contributed by atoms with Crippen molar-refractivity contribution in [1.29, 1.82) is 0 Å². The fourth-order valence-electron chi connectivity index (χ4n) is 2.64. The Kier molecular flexibility index (Phi) is 5.10. The summed E-state index contributed by atoms with van der Waals surface area (Å²) in [6, 6.07) is 8.96. The first-order valence-electron chi connectivity index (χ1n) is 8.13. The number of nitrogens with zero attached hydrogens (tertiary/aromatic N) is 2. The van der Waals surface area contributed by atoms with Crippen molar-refractivity contribution in [1.82, 2.24) is 25.7 Å². The third-order valence-corrected chi connectivity index (χ3v) is 3.95. The highest BCUT2D eigenvalue weighted by atomic mass is 16.2. The molecule has 1 aromatic heterocycles. The molecule has 3 N–H and O–H groups in total. The lowest BCUT2D eigenvalue weighted by Gasteiger charge is -2.15. The number of carbonyl (C=O) groups excluding carboxylic acids is 2. The van der Waals surface area contributed by atoms with Gasteiger partial charge in [0.05, 0.1) is 11.9 Å². The molecule has 1 atom stereocenters. The molecule has 1 aliphatic heterocycles. The number of amides is 3. The van der Waals surface area contributed by atoms with Gasteiger partial charge < -0.3 is 16.0 Å². The van der Waals surface area contributed by atoms with E-state index in [9.17, 15) is 9.59 Å². The number of hydrogen-bond donors (Lipinski definition) is 3. The molecule has 0 unspecified atom stereocenters. The third-order valence-electron chi connectivity index (χ3n) is 3.95. The van der Waals surface area contributed by atoms with Gasteiger partial charge in [0.25, 0.3) is 0 Å². The Morgan fingerprint density at radius 2 is 2.12 bits per heavy atom. The van der Waals surface area contributed by atoms with Crippen molar-refractivity contribution in [3.8, 4) is 5.69 Å². The predicted molar refractivity (Wildman–Crippen MR) is 89.6 cm³/mol. The number of carbonyl (C=O) groups is 2. The molecule has 0 spiro atoms. The summed E-state index contributed by atoms with van der Waals surface area (Å²) in [6.45, 7) is 1.03. The van der Waals surface area contributed by atoms with Gasteiger partial charge in [0, 0.05) is 24.8 Å². The molecule has 1 fully saturated rings. The second-order valence-electron chi connectivity index (χ2n) is 5.80. The molecular formula is C17H21N5O2. The van der Waals surface area contributed by atoms with Crippen LogP contribution in [0.1, 0.15) is 24.8 Å². The molecule has 1 aromatic carbocycles. The topological polar surface area (TPSA) is 88.1 Å². The maximum Gasteiger partial charge on any atom is 0.315 e. The maximum atomic E-state index is 12.0. The summed E-state index contributed by atoms with van der Waals surface area (Å²) in [6.07, 6.45) is 6.13. The normalized spacial score (nSPS) is 17.7. The van der Waals surface area contributed by atoms with Crippen LogP contribution in [0.4, 0.5) is 4.79 Å². The molecule has 3 rings (SSSR count). The van der Waals surface area contributed by atoms with E-state index in [1.165, 1.54) is 0 Å². The Morgan fingerprint density at radius 1 is 1.29 bits per heavy atom. The highest BCUT2D eigenvalue weighted by Crippen LogP contribution is 2.08. The molecule has 0 radical (unpaired) electrons. The molecule has 0 saturated carbocycles. The Labute approximate surface area is 140 Å². The van der Waals surface area contributed by atoms with Crippen LogP contribution in [0.3, 0.4) is 0 Å². The molecule has 1 aliphatic rings. The first kappa shape index (κ1) is 16.0. The van der Waals surface area contributed by atoms with E-state index < -0.39 is 6.04 Å². The van der Waals surface area contributed by atoms with Crippen molar-refractivity contribution in [3.05, 3.63) is 48.3 Å². The number of aromatic nitrogens is 2. The zero-order chi connectivity index (χ0) is 16.8. The van der Waals surface area contributed by atoms with Crippen LogP contribution < -0.4 is 16.0 Å². The van der Waals surface area contributed by atoms with Gasteiger partial charge in [-0.1, -0.05) is 18.2 Å². The van der Waals surface area contributed by atoms with Crippen molar-refractivity contribution in [2.75, 3.05) is 6.54 Å². The fraction of sp³-hybridized carbons (Fsp3) is 0.353. The van der Waals surface area contributed by atoms with E-state index in [2.05, 4.69) is 21.0 Å². The van der Waals surface area contributed by atoms with Crippen molar-refractivity contribution in [2.45, 2.75) is 31.8 Å². The Balaban J connectivity index is 1.51. The average molecular weight is 327 g/mol. The van der Waals surface area contributed by atoms with E-state index in [0.29, 0.717) is 19.5 Å². The maximum absolute atomic E-state index is 12.0. The number of nitrogens with one attached hydrogen (secondary N) is 3. The van der Waals surface area contributed by atoms with Crippen molar-refractivity contribution in [2.24, 2.45) is 0 Å². The number of urea groups is 1. The van der Waals surface area contributed by atoms with Crippen molar-refractivity contribution in [3.63, 3.8) is 0 Å². The lowest BCUT2D eigenvalue weighted by Crippen LogP contribution is -2.48. The van der Waals surface area contributed by atoms with Gasteiger partial charge in [-0.2, -0.15) is 5.10 Å². The van der Waals surface area contributed by atoms with E-state index in [4.69, 9.17) is 0 Å². The van der Waals surface area contributed by atoms with E-state index in [-0.39, 0.29) is 11.9 Å². The molecule has 126 valence electrons. The smallest absolute Gasteiger partial charge is 0.315 e. The van der Waals surface area contributed by atoms with E-state index >= 15 is 0 Å². The summed E-state index contributed by atoms with van der Waals surface area (Å²) in [4.78, 5) is 23.8. The fourth-order valence-corrected chi connectivity index (χ4v) is 2.64. The van der Waals surface area contributed by atoms with Gasteiger partial charge in [0.2, 0.25) is 5.91 Å². The summed E-state index contributed by atoms with van der Waals surface area (Å²) in [5, 5.41) is 12.6. The van der Waals surface area contributed by atoms with E-state index in [1.54, 1.807) is 10.9 Å². The van der Waals surface area contributed by atoms with Crippen LogP contribution in [-0.4, -0.2) is 34.3 Å². The van der Waals surface area contributed by atoms with Crippen LogP contribution in [0.25, 0.3) is 5.69 Å². The van der Waals surface area contributed by atoms with Gasteiger partial charge in [-0.25, -0.2) is 9.48 Å². The highest BCUT2D eigenvalue weighted by Gasteiger charge is 2.22. The molecule has 0 aliphatic carbocycles. The number of hydrogen-bond acceptors (Lipinski definition) is 3. The number of para-hydroxylation sites is 1. The molecule has 3 amide bonds. The minimum Gasteiger partial charge on any atom is -0.354 e. The molecule has 24 heavy (non-hydrogen) atoms. The molecule has 1 saturated heterocycles. The third kappa shape index (κ3) is 4.13. The van der Waals surface area contributed by atoms with Gasteiger partial charge in [0.1, 0.15) is 6.04 Å². The highest BCUT2D eigenvalue weighted by molar-refractivity contribution is 5.87. The lowest BCUT2D eigenvalue weighted by atomic mass is 10.1. The van der Waals surface area contributed by atoms with Crippen LogP contribution in [0.2, 0.25) is 0 Å². The second-order valence-corrected chi connectivity index (χ2v) is 5.80. The molecule has 2 heterocycles. The largest absolute Gasteiger partial charge is 0.354 e. The lowest BCUT2D eigenvalue weighted by molar-refractivity contribution is -0.122. The SMILES string of the molecule is O=C(NCc1cnn(-c2ccccc2)c1)N[C@H]1CCCCNC1=O. The van der Waals surface area contributed by atoms with Gasteiger partial charge in [0.15, 0.2) is 0 Å². The van der Waals surface area contributed by atoms with Crippen LogP contribution in [0.15, 0.2) is 42.7 Å². The van der Waals surface area contributed by atoms with Crippen LogP contribution >= 0.6 is 0 Å². The quantitative estimate of drug-likeness (QED) is 0.792. The monoisotopic (exact) mass is 327 g/mol. The Morgan fingerprint density at radius 3 is 2.96 bits per heavy atom. The van der Waals surface area contributed by atoms with E-state index in [1.807, 2.05) is 36.5 Å². The summed E-state index contributed by atoms with van der Waals surface area (Å²) in [5.74, 6) is -0.112. The number of benzene rings is 1. The standard InChI is InChI=1S/C17H21N5O2/c23-16-15(8-4-5-9-18-16)21-17(24)19-10-13-11-20-22(12-13)14-6-2-1-3-7-14/h1-3,6-7,11-12,15H,4-5,8-10H2,(H,18,23)(H2,19,21,24)/t15-/m0/s1. The molecular weight excluding hydrogens is 306 g/mol. The summed E-state index contributed by atoms with van der Waals surface area (Å²) in [7, 11) is 0. The van der Waals surface area contributed by atoms with Crippen LogP contribution in [-0.2, 0) is 11.3 Å². The van der Waals surface area contributed by atoms with Crippen LogP contribution in [0, 0.1) is 0 Å². The predicted octanol–water partition coefficient (Wildman–Crippen LogP) is 1.34. The minimum atomic E-state index is -0.459. The zero-order valence-electron chi connectivity index (χ0n) is 13.4. The average Bonchev–Trinajstić information content (AvgIpc) is 2.99. The van der Waals surface area contributed by atoms with Gasteiger partial charge in [-0.15, -0.1) is 0 Å². The molecule has 0 bridgehead atoms. The first-order valence-corrected chi connectivity index (χ1v) is 8.13.